The molecule has 0 fully saturated rings. The molecule has 0 rings (SSSR count). The van der Waals surface area contributed by atoms with Crippen LogP contribution in [0.15, 0.2) is 36.5 Å². The van der Waals surface area contributed by atoms with Crippen molar-refractivity contribution in [2.24, 2.45) is 0 Å². The fraction of sp³-hybridized carbons (Fsp3) is 0.842. The number of carbonyl (C=O) groups is 3. The first-order valence-electron chi connectivity index (χ1n) is 27.6. The Morgan fingerprint density at radius 3 is 0.985 bits per heavy atom. The van der Waals surface area contributed by atoms with Crippen LogP contribution in [0.3, 0.4) is 0 Å². The quantitative estimate of drug-likeness (QED) is 0.0269. The van der Waals surface area contributed by atoms with Crippen LogP contribution in [0.1, 0.15) is 290 Å². The van der Waals surface area contributed by atoms with Gasteiger partial charge in [0.05, 0.1) is 6.61 Å². The lowest BCUT2D eigenvalue weighted by atomic mass is 10.0. The summed E-state index contributed by atoms with van der Waals surface area (Å²) >= 11 is 0. The largest absolute Gasteiger partial charge is 0.481 e. The molecule has 8 nitrogen and oxygen atoms in total. The van der Waals surface area contributed by atoms with Crippen LogP contribution in [0, 0.1) is 0 Å². The minimum atomic E-state index is -0.960. The zero-order valence-electron chi connectivity index (χ0n) is 43.1. The Morgan fingerprint density at radius 1 is 0.385 bits per heavy atom. The third-order valence-electron chi connectivity index (χ3n) is 11.6. The van der Waals surface area contributed by atoms with Crippen molar-refractivity contribution in [2.45, 2.75) is 297 Å². The second-order valence-electron chi connectivity index (χ2n) is 18.3. The molecule has 0 aromatic carbocycles. The van der Waals surface area contributed by atoms with Crippen LogP contribution in [0.4, 0.5) is 0 Å². The van der Waals surface area contributed by atoms with Crippen molar-refractivity contribution >= 4 is 17.9 Å². The van der Waals surface area contributed by atoms with E-state index in [1.54, 1.807) is 0 Å². The molecule has 0 saturated carbocycles. The number of ether oxygens (including phenoxy) is 1. The molecule has 0 saturated heterocycles. The molecule has 0 aliphatic rings. The summed E-state index contributed by atoms with van der Waals surface area (Å²) in [6, 6.07) is 0. The van der Waals surface area contributed by atoms with Gasteiger partial charge in [-0.15, -0.1) is 0 Å². The first-order chi connectivity index (χ1) is 31.7. The van der Waals surface area contributed by atoms with Gasteiger partial charge in [-0.3, -0.25) is 14.4 Å². The van der Waals surface area contributed by atoms with Gasteiger partial charge in [-0.25, -0.2) is 0 Å². The first kappa shape index (κ1) is 66.8. The van der Waals surface area contributed by atoms with E-state index in [0.29, 0.717) is 19.3 Å². The van der Waals surface area contributed by atoms with Crippen LogP contribution in [-0.4, -0.2) is 57.7 Å². The Kier molecular flexibility index (Phi) is 63.3. The Bertz CT molecular complexity index is 1040. The minimum Gasteiger partial charge on any atom is -0.481 e. The van der Waals surface area contributed by atoms with Crippen molar-refractivity contribution in [3.63, 3.8) is 0 Å². The van der Waals surface area contributed by atoms with Gasteiger partial charge in [-0.1, -0.05) is 231 Å². The van der Waals surface area contributed by atoms with E-state index in [2.05, 4.69) is 57.2 Å². The standard InChI is InChI=1S/C20H40O2.C19H36O4.C18H32O2/c1-2-3-4-5-6-7-8-9-10-11-12-13-14-15-16-17-18-19-20(21)22;1-2-3-4-5-6-7-8-9-10-11-12-13-14-15-19(22)23-17-18(21)16-20;1-2-3-4-5-6-7-8-9-10-11-12-13-14-15-16-17-18(19)20/h2-19H2,1H3,(H,21,22);7-8,18,20-21H,2-6,9-17H2,1H3;6-7,9-10H,2-5,8,11-17H2,1H3,(H,19,20)/b;8-7-;7-6-,10-9-. The molecule has 384 valence electrons. The molecule has 0 bridgehead atoms. The molecule has 0 radical (unpaired) electrons. The van der Waals surface area contributed by atoms with Crippen molar-refractivity contribution in [3.05, 3.63) is 36.5 Å². The van der Waals surface area contributed by atoms with Gasteiger partial charge < -0.3 is 25.2 Å². The number of esters is 1. The molecule has 1 atom stereocenters. The smallest absolute Gasteiger partial charge is 0.305 e. The number of aliphatic carboxylic acids is 2. The Morgan fingerprint density at radius 2 is 0.646 bits per heavy atom. The fourth-order valence-electron chi connectivity index (χ4n) is 7.39. The van der Waals surface area contributed by atoms with Crippen LogP contribution >= 0.6 is 0 Å². The first-order valence-corrected chi connectivity index (χ1v) is 27.6. The zero-order valence-corrected chi connectivity index (χ0v) is 43.1. The number of hydrogen-bond donors (Lipinski definition) is 4. The van der Waals surface area contributed by atoms with Gasteiger partial charge in [0.15, 0.2) is 0 Å². The monoisotopic (exact) mass is 921 g/mol. The summed E-state index contributed by atoms with van der Waals surface area (Å²) in [4.78, 5) is 32.0. The van der Waals surface area contributed by atoms with E-state index in [1.165, 1.54) is 186 Å². The number of carboxylic acid groups (broad SMARTS) is 2. The van der Waals surface area contributed by atoms with E-state index in [1.807, 2.05) is 0 Å². The molecule has 4 N–H and O–H groups in total. The highest BCUT2D eigenvalue weighted by molar-refractivity contribution is 5.69. The normalized spacial score (nSPS) is 11.8. The van der Waals surface area contributed by atoms with Crippen molar-refractivity contribution in [3.8, 4) is 0 Å². The summed E-state index contributed by atoms with van der Waals surface area (Å²) < 4.78 is 4.84. The maximum Gasteiger partial charge on any atom is 0.305 e. The van der Waals surface area contributed by atoms with E-state index in [4.69, 9.17) is 25.2 Å². The minimum absolute atomic E-state index is 0.111. The van der Waals surface area contributed by atoms with E-state index < -0.39 is 18.0 Å². The van der Waals surface area contributed by atoms with E-state index in [9.17, 15) is 14.4 Å². The number of unbranched alkanes of at least 4 members (excludes halogenated alkanes) is 33. The maximum atomic E-state index is 11.3. The molecule has 0 aliphatic heterocycles. The maximum absolute atomic E-state index is 11.3. The van der Waals surface area contributed by atoms with Gasteiger partial charge in [0.25, 0.3) is 0 Å². The van der Waals surface area contributed by atoms with E-state index >= 15 is 0 Å². The number of aliphatic hydroxyl groups is 2. The molecule has 0 spiro atoms. The third-order valence-corrected chi connectivity index (χ3v) is 11.6. The van der Waals surface area contributed by atoms with Crippen LogP contribution < -0.4 is 0 Å². The van der Waals surface area contributed by atoms with Crippen molar-refractivity contribution in [1.82, 2.24) is 0 Å². The second-order valence-corrected chi connectivity index (χ2v) is 18.3. The molecule has 0 aromatic rings. The van der Waals surface area contributed by atoms with Gasteiger partial charge in [0.1, 0.15) is 12.7 Å². The van der Waals surface area contributed by atoms with Gasteiger partial charge in [0, 0.05) is 19.3 Å². The lowest BCUT2D eigenvalue weighted by Gasteiger charge is -2.08. The number of allylic oxidation sites excluding steroid dienone is 6. The molecule has 8 heteroatoms. The van der Waals surface area contributed by atoms with Gasteiger partial charge >= 0.3 is 17.9 Å². The Balaban J connectivity index is -0.000000889. The topological polar surface area (TPSA) is 141 Å². The number of hydrogen-bond acceptors (Lipinski definition) is 6. The fourth-order valence-corrected chi connectivity index (χ4v) is 7.39. The predicted octanol–water partition coefficient (Wildman–Crippen LogP) is 17.1. The molecule has 0 aliphatic carbocycles. The molecule has 0 heterocycles. The Hall–Kier alpha value is -2.45. The van der Waals surface area contributed by atoms with Crippen molar-refractivity contribution in [1.29, 1.82) is 0 Å². The summed E-state index contributed by atoms with van der Waals surface area (Å²) in [6.07, 6.45) is 62.6. The zero-order chi connectivity index (χ0) is 48.4. The molecule has 1 unspecified atom stereocenters. The lowest BCUT2D eigenvalue weighted by molar-refractivity contribution is -0.147. The van der Waals surface area contributed by atoms with Gasteiger partial charge in [-0.05, 0) is 77.0 Å². The molecule has 0 aromatic heterocycles. The molecular weight excluding hydrogens is 813 g/mol. The average Bonchev–Trinajstić information content (AvgIpc) is 3.29. The van der Waals surface area contributed by atoms with Crippen molar-refractivity contribution in [2.75, 3.05) is 13.2 Å². The van der Waals surface area contributed by atoms with Crippen LogP contribution in [0.5, 0.6) is 0 Å². The van der Waals surface area contributed by atoms with Gasteiger partial charge in [-0.2, -0.15) is 0 Å². The van der Waals surface area contributed by atoms with Crippen molar-refractivity contribution < 1.29 is 39.5 Å². The van der Waals surface area contributed by atoms with Crippen LogP contribution in [-0.2, 0) is 19.1 Å². The number of carbonyl (C=O) groups excluding carboxylic acids is 1. The predicted molar refractivity (Wildman–Crippen MR) is 278 cm³/mol. The van der Waals surface area contributed by atoms with Crippen LogP contribution in [0.2, 0.25) is 0 Å². The average molecular weight is 921 g/mol. The lowest BCUT2D eigenvalue weighted by Crippen LogP contribution is -2.21. The summed E-state index contributed by atoms with van der Waals surface area (Å²) in [7, 11) is 0. The summed E-state index contributed by atoms with van der Waals surface area (Å²) in [6.45, 7) is 6.26. The third kappa shape index (κ3) is 70.7. The molecule has 0 amide bonds. The highest BCUT2D eigenvalue weighted by Gasteiger charge is 2.07. The highest BCUT2D eigenvalue weighted by atomic mass is 16.5. The number of rotatable bonds is 48. The molecule has 65 heavy (non-hydrogen) atoms. The summed E-state index contributed by atoms with van der Waals surface area (Å²) in [5, 5.41) is 34.7. The second kappa shape index (κ2) is 61.5. The summed E-state index contributed by atoms with van der Waals surface area (Å²) in [5.41, 5.74) is 0. The highest BCUT2D eigenvalue weighted by Crippen LogP contribution is 2.15. The van der Waals surface area contributed by atoms with Crippen LogP contribution in [0.25, 0.3) is 0 Å². The van der Waals surface area contributed by atoms with E-state index in [-0.39, 0.29) is 19.2 Å². The Labute approximate surface area is 402 Å². The SMILES string of the molecule is CCCCC/C=C\C/C=C\CCCCCCCC(=O)O.CCCCCC/C=C\CCCCCCCC(=O)OCC(O)CO.CCCCCCCCCCCCCCCCCCCC(=O)O. The molecular formula is C57H108O8. The number of carboxylic acids is 2. The van der Waals surface area contributed by atoms with Gasteiger partial charge in [0.2, 0.25) is 0 Å². The van der Waals surface area contributed by atoms with E-state index in [0.717, 1.165) is 64.2 Å². The number of aliphatic hydroxyl groups excluding tert-OH is 2. The summed E-state index contributed by atoms with van der Waals surface area (Å²) in [5.74, 6) is -1.61.